The standard InChI is InChI=1S/C15H25N5/c1-5-9-19(11-15(3,4)10-16)14-17-13-8-6-7-12(2)20(13)18-14/h6-8H,5,9-11,16H2,1-4H3. The lowest BCUT2D eigenvalue weighted by Gasteiger charge is -2.30. The number of nitrogens with zero attached hydrogens (tertiary/aromatic N) is 4. The topological polar surface area (TPSA) is 59.5 Å². The molecule has 2 aromatic heterocycles. The van der Waals surface area contributed by atoms with Gasteiger partial charge in [0.1, 0.15) is 0 Å². The lowest BCUT2D eigenvalue weighted by molar-refractivity contribution is 0.375. The molecule has 2 heterocycles. The molecule has 0 aliphatic rings. The third-order valence-corrected chi connectivity index (χ3v) is 3.49. The van der Waals surface area contributed by atoms with Gasteiger partial charge in [0.05, 0.1) is 0 Å². The highest BCUT2D eigenvalue weighted by molar-refractivity contribution is 5.45. The van der Waals surface area contributed by atoms with Crippen LogP contribution in [0.3, 0.4) is 0 Å². The molecule has 0 aliphatic heterocycles. The van der Waals surface area contributed by atoms with Crippen LogP contribution in [0.4, 0.5) is 5.95 Å². The highest BCUT2D eigenvalue weighted by Crippen LogP contribution is 2.20. The number of pyridine rings is 1. The summed E-state index contributed by atoms with van der Waals surface area (Å²) in [6, 6.07) is 6.04. The van der Waals surface area contributed by atoms with Crippen molar-refractivity contribution >= 4 is 11.6 Å². The van der Waals surface area contributed by atoms with Gasteiger partial charge in [-0.25, -0.2) is 4.52 Å². The van der Waals surface area contributed by atoms with Crippen LogP contribution in [0, 0.1) is 12.3 Å². The maximum atomic E-state index is 5.86. The van der Waals surface area contributed by atoms with Gasteiger partial charge in [-0.1, -0.05) is 26.8 Å². The minimum absolute atomic E-state index is 0.0572. The van der Waals surface area contributed by atoms with Gasteiger partial charge in [0.2, 0.25) is 5.95 Å². The summed E-state index contributed by atoms with van der Waals surface area (Å²) in [5.41, 5.74) is 7.90. The normalized spacial score (nSPS) is 12.1. The molecule has 0 unspecified atom stereocenters. The van der Waals surface area contributed by atoms with Gasteiger partial charge in [-0.2, -0.15) is 4.98 Å². The van der Waals surface area contributed by atoms with Gasteiger partial charge in [-0.15, -0.1) is 5.10 Å². The number of aryl methyl sites for hydroxylation is 1. The minimum Gasteiger partial charge on any atom is -0.339 e. The fourth-order valence-corrected chi connectivity index (χ4v) is 2.26. The first-order chi connectivity index (χ1) is 9.46. The number of hydrogen-bond donors (Lipinski definition) is 1. The van der Waals surface area contributed by atoms with Crippen LogP contribution in [0.15, 0.2) is 18.2 Å². The second kappa shape index (κ2) is 5.79. The molecule has 0 atom stereocenters. The first kappa shape index (κ1) is 14.8. The molecule has 2 aromatic rings. The number of fused-ring (bicyclic) bond motifs is 1. The van der Waals surface area contributed by atoms with Crippen LogP contribution in [-0.2, 0) is 0 Å². The molecule has 0 radical (unpaired) electrons. The lowest BCUT2D eigenvalue weighted by atomic mass is 9.93. The van der Waals surface area contributed by atoms with E-state index in [1.807, 2.05) is 29.6 Å². The Morgan fingerprint density at radius 3 is 2.70 bits per heavy atom. The second-order valence-electron chi connectivity index (χ2n) is 6.14. The Labute approximate surface area is 120 Å². The van der Waals surface area contributed by atoms with E-state index >= 15 is 0 Å². The quantitative estimate of drug-likeness (QED) is 0.878. The van der Waals surface area contributed by atoms with E-state index in [1.54, 1.807) is 0 Å². The Balaban J connectivity index is 2.34. The van der Waals surface area contributed by atoms with Gasteiger partial charge in [-0.05, 0) is 37.4 Å². The molecular weight excluding hydrogens is 250 g/mol. The Morgan fingerprint density at radius 2 is 2.10 bits per heavy atom. The van der Waals surface area contributed by atoms with Crippen molar-refractivity contribution in [3.05, 3.63) is 23.9 Å². The van der Waals surface area contributed by atoms with Crippen LogP contribution < -0.4 is 10.6 Å². The fraction of sp³-hybridized carbons (Fsp3) is 0.600. The van der Waals surface area contributed by atoms with Crippen molar-refractivity contribution < 1.29 is 0 Å². The van der Waals surface area contributed by atoms with E-state index in [-0.39, 0.29) is 5.41 Å². The molecule has 0 saturated carbocycles. The second-order valence-corrected chi connectivity index (χ2v) is 6.14. The molecule has 0 aliphatic carbocycles. The van der Waals surface area contributed by atoms with E-state index in [1.165, 1.54) is 0 Å². The molecule has 20 heavy (non-hydrogen) atoms. The number of anilines is 1. The predicted molar refractivity (Wildman–Crippen MR) is 83.1 cm³/mol. The monoisotopic (exact) mass is 275 g/mol. The van der Waals surface area contributed by atoms with Crippen LogP contribution in [-0.4, -0.2) is 34.2 Å². The van der Waals surface area contributed by atoms with Crippen molar-refractivity contribution in [3.63, 3.8) is 0 Å². The maximum Gasteiger partial charge on any atom is 0.245 e. The van der Waals surface area contributed by atoms with Gasteiger partial charge in [0.25, 0.3) is 0 Å². The van der Waals surface area contributed by atoms with Crippen molar-refractivity contribution in [1.82, 2.24) is 14.6 Å². The van der Waals surface area contributed by atoms with Gasteiger partial charge in [0, 0.05) is 18.8 Å². The van der Waals surface area contributed by atoms with Crippen LogP contribution in [0.5, 0.6) is 0 Å². The molecular formula is C15H25N5. The Bertz CT molecular complexity index is 573. The summed E-state index contributed by atoms with van der Waals surface area (Å²) in [5.74, 6) is 0.794. The molecule has 5 nitrogen and oxygen atoms in total. The zero-order chi connectivity index (χ0) is 14.8. The van der Waals surface area contributed by atoms with E-state index in [9.17, 15) is 0 Å². The largest absolute Gasteiger partial charge is 0.339 e. The van der Waals surface area contributed by atoms with Crippen LogP contribution in [0.2, 0.25) is 0 Å². The molecule has 2 N–H and O–H groups in total. The summed E-state index contributed by atoms with van der Waals surface area (Å²) in [6.07, 6.45) is 1.06. The molecule has 0 aromatic carbocycles. The molecule has 0 spiro atoms. The summed E-state index contributed by atoms with van der Waals surface area (Å²) < 4.78 is 1.90. The summed E-state index contributed by atoms with van der Waals surface area (Å²) >= 11 is 0. The zero-order valence-corrected chi connectivity index (χ0v) is 12.9. The van der Waals surface area contributed by atoms with Gasteiger partial charge >= 0.3 is 0 Å². The Morgan fingerprint density at radius 1 is 1.35 bits per heavy atom. The van der Waals surface area contributed by atoms with Crippen LogP contribution >= 0.6 is 0 Å². The summed E-state index contributed by atoms with van der Waals surface area (Å²) in [7, 11) is 0. The Hall–Kier alpha value is -1.62. The average Bonchev–Trinajstić information content (AvgIpc) is 2.83. The van der Waals surface area contributed by atoms with E-state index in [2.05, 4.69) is 35.8 Å². The van der Waals surface area contributed by atoms with Crippen LogP contribution in [0.25, 0.3) is 5.65 Å². The first-order valence-electron chi connectivity index (χ1n) is 7.24. The molecule has 0 amide bonds. The number of aromatic nitrogens is 3. The molecule has 110 valence electrons. The maximum absolute atomic E-state index is 5.86. The summed E-state index contributed by atoms with van der Waals surface area (Å²) in [6.45, 7) is 11.0. The first-order valence-corrected chi connectivity index (χ1v) is 7.24. The average molecular weight is 275 g/mol. The summed E-state index contributed by atoms with van der Waals surface area (Å²) in [4.78, 5) is 6.88. The van der Waals surface area contributed by atoms with Gasteiger partial charge < -0.3 is 10.6 Å². The summed E-state index contributed by atoms with van der Waals surface area (Å²) in [5, 5.41) is 4.64. The van der Waals surface area contributed by atoms with E-state index in [0.717, 1.165) is 36.8 Å². The molecule has 2 rings (SSSR count). The smallest absolute Gasteiger partial charge is 0.245 e. The molecule has 0 bridgehead atoms. The number of nitrogens with two attached hydrogens (primary N) is 1. The fourth-order valence-electron chi connectivity index (χ4n) is 2.26. The highest BCUT2D eigenvalue weighted by Gasteiger charge is 2.22. The van der Waals surface area contributed by atoms with Crippen molar-refractivity contribution in [1.29, 1.82) is 0 Å². The van der Waals surface area contributed by atoms with E-state index < -0.39 is 0 Å². The van der Waals surface area contributed by atoms with Gasteiger partial charge in [-0.3, -0.25) is 0 Å². The predicted octanol–water partition coefficient (Wildman–Crippen LogP) is 2.24. The highest BCUT2D eigenvalue weighted by atomic mass is 15.4. The van der Waals surface area contributed by atoms with Crippen molar-refractivity contribution in [2.24, 2.45) is 11.1 Å². The Kier molecular flexibility index (Phi) is 4.28. The van der Waals surface area contributed by atoms with Crippen LogP contribution in [0.1, 0.15) is 32.9 Å². The molecule has 0 fully saturated rings. The van der Waals surface area contributed by atoms with Crippen molar-refractivity contribution in [3.8, 4) is 0 Å². The third-order valence-electron chi connectivity index (χ3n) is 3.49. The lowest BCUT2D eigenvalue weighted by Crippen LogP contribution is -2.39. The van der Waals surface area contributed by atoms with Crippen molar-refractivity contribution in [2.75, 3.05) is 24.5 Å². The van der Waals surface area contributed by atoms with Crippen molar-refractivity contribution in [2.45, 2.75) is 34.1 Å². The molecule has 5 heteroatoms. The zero-order valence-electron chi connectivity index (χ0n) is 12.9. The number of hydrogen-bond acceptors (Lipinski definition) is 4. The van der Waals surface area contributed by atoms with E-state index in [0.29, 0.717) is 6.54 Å². The van der Waals surface area contributed by atoms with E-state index in [4.69, 9.17) is 5.73 Å². The number of rotatable bonds is 6. The SMILES string of the molecule is CCCN(CC(C)(C)CN)c1nc2cccc(C)n2n1. The minimum atomic E-state index is 0.0572. The molecule has 0 saturated heterocycles. The third kappa shape index (κ3) is 3.10. The van der Waals surface area contributed by atoms with Gasteiger partial charge in [0.15, 0.2) is 5.65 Å².